The van der Waals surface area contributed by atoms with Crippen LogP contribution in [0, 0.1) is 6.92 Å². The highest BCUT2D eigenvalue weighted by atomic mass is 15.3. The number of hydrogen-bond donors (Lipinski definition) is 2. The Morgan fingerprint density at radius 1 is 1.37 bits per heavy atom. The Hall–Kier alpha value is -2.11. The lowest BCUT2D eigenvalue weighted by Gasteiger charge is -2.11. The summed E-state index contributed by atoms with van der Waals surface area (Å²) in [6.07, 6.45) is 5.51. The lowest BCUT2D eigenvalue weighted by Crippen LogP contribution is -2.12. The van der Waals surface area contributed by atoms with Crippen LogP contribution in [0.3, 0.4) is 0 Å². The number of hydrogen-bond acceptors (Lipinski definition) is 5. The molecule has 0 spiro atoms. The van der Waals surface area contributed by atoms with E-state index < -0.39 is 0 Å². The Labute approximate surface area is 113 Å². The molecule has 0 unspecified atom stereocenters. The molecule has 0 aliphatic heterocycles. The molecule has 6 heteroatoms. The summed E-state index contributed by atoms with van der Waals surface area (Å²) in [5, 5.41) is 7.48. The number of nitrogens with two attached hydrogens (primary N) is 1. The predicted molar refractivity (Wildman–Crippen MR) is 75.9 cm³/mol. The zero-order valence-electron chi connectivity index (χ0n) is 11.4. The molecule has 0 fully saturated rings. The van der Waals surface area contributed by atoms with Crippen molar-refractivity contribution >= 4 is 11.6 Å². The lowest BCUT2D eigenvalue weighted by molar-refractivity contribution is 0.591. The molecule has 0 amide bonds. The first-order valence-electron chi connectivity index (χ1n) is 6.55. The third-order valence-corrected chi connectivity index (χ3v) is 2.96. The van der Waals surface area contributed by atoms with E-state index in [9.17, 15) is 0 Å². The van der Waals surface area contributed by atoms with Gasteiger partial charge in [-0.05, 0) is 19.4 Å². The molecular weight excluding hydrogens is 240 g/mol. The van der Waals surface area contributed by atoms with Crippen LogP contribution in [-0.4, -0.2) is 26.3 Å². The molecule has 0 bridgehead atoms. The van der Waals surface area contributed by atoms with Gasteiger partial charge in [-0.15, -0.1) is 0 Å². The monoisotopic (exact) mass is 260 g/mol. The predicted octanol–water partition coefficient (Wildman–Crippen LogP) is 1.63. The maximum Gasteiger partial charge on any atom is 0.134 e. The van der Waals surface area contributed by atoms with Crippen LogP contribution in [0.4, 0.5) is 11.6 Å². The molecule has 0 aromatic carbocycles. The molecule has 102 valence electrons. The summed E-state index contributed by atoms with van der Waals surface area (Å²) < 4.78 is 1.92. The van der Waals surface area contributed by atoms with E-state index in [1.165, 1.54) is 0 Å². The molecule has 2 rings (SSSR count). The highest BCUT2D eigenvalue weighted by Crippen LogP contribution is 2.17. The van der Waals surface area contributed by atoms with E-state index in [1.54, 1.807) is 6.20 Å². The fraction of sp³-hybridized carbons (Fsp3) is 0.462. The fourth-order valence-electron chi connectivity index (χ4n) is 1.79. The molecule has 3 N–H and O–H groups in total. The minimum Gasteiger partial charge on any atom is -0.383 e. The molecule has 0 radical (unpaired) electrons. The highest BCUT2D eigenvalue weighted by molar-refractivity contribution is 5.54. The van der Waals surface area contributed by atoms with Gasteiger partial charge in [-0.1, -0.05) is 6.92 Å². The lowest BCUT2D eigenvalue weighted by atomic mass is 10.3. The molecule has 2 heterocycles. The van der Waals surface area contributed by atoms with E-state index in [0.29, 0.717) is 5.82 Å². The third kappa shape index (κ3) is 3.43. The van der Waals surface area contributed by atoms with Crippen LogP contribution in [0.2, 0.25) is 0 Å². The number of aryl methyl sites for hydroxylation is 2. The summed E-state index contributed by atoms with van der Waals surface area (Å²) in [7, 11) is 0. The molecule has 2 aromatic heterocycles. The Morgan fingerprint density at radius 2 is 2.21 bits per heavy atom. The van der Waals surface area contributed by atoms with Gasteiger partial charge in [0.25, 0.3) is 0 Å². The van der Waals surface area contributed by atoms with Crippen molar-refractivity contribution in [3.05, 3.63) is 29.8 Å². The summed E-state index contributed by atoms with van der Waals surface area (Å²) in [4.78, 5) is 8.69. The van der Waals surface area contributed by atoms with Gasteiger partial charge in [-0.3, -0.25) is 4.68 Å². The highest BCUT2D eigenvalue weighted by Gasteiger charge is 2.07. The molecule has 0 atom stereocenters. The van der Waals surface area contributed by atoms with E-state index in [4.69, 9.17) is 5.73 Å². The average Bonchev–Trinajstić information content (AvgIpc) is 2.92. The van der Waals surface area contributed by atoms with Gasteiger partial charge >= 0.3 is 0 Å². The Bertz CT molecular complexity index is 520. The van der Waals surface area contributed by atoms with Crippen LogP contribution in [0.1, 0.15) is 24.7 Å². The molecule has 19 heavy (non-hydrogen) atoms. The van der Waals surface area contributed by atoms with Gasteiger partial charge in [0.05, 0.1) is 0 Å². The smallest absolute Gasteiger partial charge is 0.134 e. The van der Waals surface area contributed by atoms with Crippen LogP contribution in [-0.2, 0) is 13.0 Å². The maximum absolute atomic E-state index is 5.87. The van der Waals surface area contributed by atoms with Gasteiger partial charge < -0.3 is 11.1 Å². The fourth-order valence-corrected chi connectivity index (χ4v) is 1.79. The Kier molecular flexibility index (Phi) is 4.33. The summed E-state index contributed by atoms with van der Waals surface area (Å²) in [5.41, 5.74) is 6.79. The molecule has 2 aromatic rings. The zero-order chi connectivity index (χ0) is 13.7. The maximum atomic E-state index is 5.87. The largest absolute Gasteiger partial charge is 0.383 e. The second-order valence-electron chi connectivity index (χ2n) is 4.40. The zero-order valence-corrected chi connectivity index (χ0v) is 11.4. The van der Waals surface area contributed by atoms with Crippen molar-refractivity contribution in [3.63, 3.8) is 0 Å². The van der Waals surface area contributed by atoms with Crippen molar-refractivity contribution in [2.24, 2.45) is 0 Å². The molecule has 0 aliphatic carbocycles. The van der Waals surface area contributed by atoms with E-state index >= 15 is 0 Å². The third-order valence-electron chi connectivity index (χ3n) is 2.96. The van der Waals surface area contributed by atoms with Crippen molar-refractivity contribution in [3.8, 4) is 0 Å². The minimum atomic E-state index is 0.557. The van der Waals surface area contributed by atoms with Crippen molar-refractivity contribution in [2.75, 3.05) is 17.6 Å². The Morgan fingerprint density at radius 3 is 2.89 bits per heavy atom. The molecule has 0 saturated heterocycles. The second kappa shape index (κ2) is 6.17. The molecular formula is C13H20N6. The van der Waals surface area contributed by atoms with Crippen LogP contribution in [0.5, 0.6) is 0 Å². The van der Waals surface area contributed by atoms with Crippen LogP contribution in [0.25, 0.3) is 0 Å². The van der Waals surface area contributed by atoms with Crippen molar-refractivity contribution in [1.29, 1.82) is 0 Å². The minimum absolute atomic E-state index is 0.557. The first-order chi connectivity index (χ1) is 9.20. The summed E-state index contributed by atoms with van der Waals surface area (Å²) in [6, 6.07) is 1.93. The van der Waals surface area contributed by atoms with Crippen LogP contribution < -0.4 is 11.1 Å². The van der Waals surface area contributed by atoms with Gasteiger partial charge in [0.1, 0.15) is 17.5 Å². The molecule has 0 aliphatic rings. The van der Waals surface area contributed by atoms with Crippen molar-refractivity contribution in [2.45, 2.75) is 33.2 Å². The van der Waals surface area contributed by atoms with Gasteiger partial charge in [0.15, 0.2) is 0 Å². The first kappa shape index (κ1) is 13.3. The van der Waals surface area contributed by atoms with E-state index in [-0.39, 0.29) is 0 Å². The first-order valence-corrected chi connectivity index (χ1v) is 6.55. The van der Waals surface area contributed by atoms with E-state index in [0.717, 1.165) is 43.1 Å². The second-order valence-corrected chi connectivity index (χ2v) is 4.40. The van der Waals surface area contributed by atoms with Gasteiger partial charge in [0, 0.05) is 37.5 Å². The standard InChI is InChI=1S/C13H20N6/c1-3-11-17-12(14)10(2)13(18-11)15-6-4-8-19-9-5-7-16-19/h5,7,9H,3-4,6,8H2,1-2H3,(H3,14,15,17,18). The summed E-state index contributed by atoms with van der Waals surface area (Å²) in [6.45, 7) is 5.68. The Balaban J connectivity index is 1.90. The number of nitrogens with zero attached hydrogens (tertiary/aromatic N) is 4. The van der Waals surface area contributed by atoms with E-state index in [1.807, 2.05) is 30.8 Å². The normalized spacial score (nSPS) is 10.6. The van der Waals surface area contributed by atoms with Crippen molar-refractivity contribution in [1.82, 2.24) is 19.7 Å². The number of nitrogens with one attached hydrogen (secondary N) is 1. The SMILES string of the molecule is CCc1nc(N)c(C)c(NCCCn2cccn2)n1. The molecule has 6 nitrogen and oxygen atoms in total. The number of rotatable bonds is 6. The van der Waals surface area contributed by atoms with Crippen molar-refractivity contribution < 1.29 is 0 Å². The average molecular weight is 260 g/mol. The van der Waals surface area contributed by atoms with Gasteiger partial charge in [-0.25, -0.2) is 9.97 Å². The van der Waals surface area contributed by atoms with Crippen LogP contribution >= 0.6 is 0 Å². The summed E-state index contributed by atoms with van der Waals surface area (Å²) in [5.74, 6) is 2.17. The number of anilines is 2. The van der Waals surface area contributed by atoms with Gasteiger partial charge in [0.2, 0.25) is 0 Å². The molecule has 0 saturated carbocycles. The van der Waals surface area contributed by atoms with E-state index in [2.05, 4.69) is 20.4 Å². The van der Waals surface area contributed by atoms with Crippen LogP contribution in [0.15, 0.2) is 18.5 Å². The number of aromatic nitrogens is 4. The topological polar surface area (TPSA) is 81.6 Å². The van der Waals surface area contributed by atoms with Gasteiger partial charge in [-0.2, -0.15) is 5.10 Å². The number of nitrogen functional groups attached to an aromatic ring is 1. The summed E-state index contributed by atoms with van der Waals surface area (Å²) >= 11 is 0. The quantitative estimate of drug-likeness (QED) is 0.771.